The van der Waals surface area contributed by atoms with Crippen LogP contribution >= 0.6 is 0 Å². The van der Waals surface area contributed by atoms with Gasteiger partial charge < -0.3 is 5.73 Å². The fourth-order valence-electron chi connectivity index (χ4n) is 2.12. The summed E-state index contributed by atoms with van der Waals surface area (Å²) in [5.41, 5.74) is 8.65. The first-order chi connectivity index (χ1) is 12.0. The van der Waals surface area contributed by atoms with Crippen molar-refractivity contribution in [3.63, 3.8) is 0 Å². The Morgan fingerprint density at radius 2 is 1.92 bits per heavy atom. The van der Waals surface area contributed by atoms with Crippen LogP contribution in [-0.4, -0.2) is 11.9 Å². The molecule has 6 nitrogen and oxygen atoms in total. The summed E-state index contributed by atoms with van der Waals surface area (Å²) in [6.07, 6.45) is 2.97. The van der Waals surface area contributed by atoms with Crippen molar-refractivity contribution in [2.24, 2.45) is 15.9 Å². The van der Waals surface area contributed by atoms with Crippen LogP contribution in [0.15, 0.2) is 77.1 Å². The molecule has 2 rings (SSSR count). The van der Waals surface area contributed by atoms with Crippen molar-refractivity contribution in [3.05, 3.63) is 88.5 Å². The fraction of sp³-hybridized carbons (Fsp3) is 0.0526. The zero-order chi connectivity index (χ0) is 18.2. The Hall–Kier alpha value is -3.54. The summed E-state index contributed by atoms with van der Waals surface area (Å²) in [4.78, 5) is 27.0. The second-order valence-electron chi connectivity index (χ2n) is 5.22. The molecule has 0 heterocycles. The largest absolute Gasteiger partial charge is 0.369 e. The molecule has 2 aromatic rings. The van der Waals surface area contributed by atoms with Gasteiger partial charge in [-0.15, -0.1) is 4.91 Å². The molecule has 0 bridgehead atoms. The minimum Gasteiger partial charge on any atom is -0.369 e. The van der Waals surface area contributed by atoms with Gasteiger partial charge in [-0.25, -0.2) is 4.99 Å². The second kappa shape index (κ2) is 8.35. The molecule has 0 aliphatic carbocycles. The molecule has 0 aliphatic rings. The number of hydrogen-bond acceptors (Lipinski definition) is 4. The van der Waals surface area contributed by atoms with Gasteiger partial charge in [0.1, 0.15) is 5.70 Å². The van der Waals surface area contributed by atoms with Gasteiger partial charge in [0.05, 0.1) is 5.69 Å². The standard InChI is InChI=1S/C19H18N4O2/c1-3-16(23-25)12-14-9-10-15(11-13(14)2)18(24)22-19(20)21-17-7-5-4-6-8-17/h3-12H,1H2,2H3,(H3,20,21,22,24)/b16-12+. The van der Waals surface area contributed by atoms with Crippen molar-refractivity contribution in [2.75, 3.05) is 0 Å². The van der Waals surface area contributed by atoms with Crippen LogP contribution in [0.1, 0.15) is 21.5 Å². The van der Waals surface area contributed by atoms with E-state index in [9.17, 15) is 9.70 Å². The Labute approximate surface area is 145 Å². The number of guanidine groups is 1. The number of benzene rings is 2. The quantitative estimate of drug-likeness (QED) is 0.378. The number of nitrogens with one attached hydrogen (secondary N) is 1. The monoisotopic (exact) mass is 334 g/mol. The lowest BCUT2D eigenvalue weighted by Gasteiger charge is -2.07. The number of nitrogens with zero attached hydrogens (tertiary/aromatic N) is 2. The van der Waals surface area contributed by atoms with Gasteiger partial charge in [0.2, 0.25) is 5.96 Å². The maximum absolute atomic E-state index is 12.3. The fourth-order valence-corrected chi connectivity index (χ4v) is 2.12. The molecular weight excluding hydrogens is 316 g/mol. The number of carbonyl (C=O) groups is 1. The van der Waals surface area contributed by atoms with Crippen LogP contribution in [0.2, 0.25) is 0 Å². The molecule has 3 N–H and O–H groups in total. The zero-order valence-corrected chi connectivity index (χ0v) is 13.8. The molecule has 0 fully saturated rings. The number of nitroso groups, excluding NO2 is 1. The van der Waals surface area contributed by atoms with Crippen LogP contribution in [0.3, 0.4) is 0 Å². The Bertz CT molecular complexity index is 845. The van der Waals surface area contributed by atoms with Crippen molar-refractivity contribution in [3.8, 4) is 0 Å². The number of aryl methyl sites for hydroxylation is 1. The average molecular weight is 334 g/mol. The third-order valence-electron chi connectivity index (χ3n) is 3.40. The van der Waals surface area contributed by atoms with E-state index in [1.165, 1.54) is 6.08 Å². The highest BCUT2D eigenvalue weighted by Gasteiger charge is 2.09. The number of amides is 1. The molecule has 25 heavy (non-hydrogen) atoms. The highest BCUT2D eigenvalue weighted by molar-refractivity contribution is 6.06. The minimum atomic E-state index is -0.367. The summed E-state index contributed by atoms with van der Waals surface area (Å²) in [6, 6.07) is 14.1. The molecule has 1 amide bonds. The van der Waals surface area contributed by atoms with Crippen LogP contribution in [-0.2, 0) is 0 Å². The molecule has 0 aromatic heterocycles. The molecule has 0 atom stereocenters. The summed E-state index contributed by atoms with van der Waals surface area (Å²) in [5, 5.41) is 5.40. The highest BCUT2D eigenvalue weighted by Crippen LogP contribution is 2.16. The maximum atomic E-state index is 12.3. The van der Waals surface area contributed by atoms with Gasteiger partial charge in [0.15, 0.2) is 0 Å². The van der Waals surface area contributed by atoms with Crippen LogP contribution in [0.4, 0.5) is 5.69 Å². The Kier molecular flexibility index (Phi) is 5.95. The van der Waals surface area contributed by atoms with E-state index < -0.39 is 0 Å². The molecule has 0 aliphatic heterocycles. The second-order valence-corrected chi connectivity index (χ2v) is 5.22. The molecule has 2 aromatic carbocycles. The van der Waals surface area contributed by atoms with Crippen LogP contribution in [0.25, 0.3) is 6.08 Å². The Morgan fingerprint density at radius 1 is 1.20 bits per heavy atom. The SMILES string of the molecule is C=C/C(=C\c1ccc(C(=O)NC(N)=Nc2ccccc2)cc1C)N=O. The van der Waals surface area contributed by atoms with Gasteiger partial charge in [0, 0.05) is 5.56 Å². The van der Waals surface area contributed by atoms with Crippen molar-refractivity contribution >= 4 is 23.6 Å². The van der Waals surface area contributed by atoms with Crippen molar-refractivity contribution in [2.45, 2.75) is 6.92 Å². The van der Waals surface area contributed by atoms with E-state index >= 15 is 0 Å². The predicted molar refractivity (Wildman–Crippen MR) is 100 cm³/mol. The third kappa shape index (κ3) is 4.97. The van der Waals surface area contributed by atoms with Gasteiger partial charge >= 0.3 is 0 Å². The molecule has 0 saturated carbocycles. The predicted octanol–water partition coefficient (Wildman–Crippen LogP) is 3.66. The maximum Gasteiger partial charge on any atom is 0.257 e. The Morgan fingerprint density at radius 3 is 2.52 bits per heavy atom. The number of para-hydroxylation sites is 1. The number of hydrogen-bond donors (Lipinski definition) is 2. The summed E-state index contributed by atoms with van der Waals surface area (Å²) >= 11 is 0. The number of carbonyl (C=O) groups excluding carboxylic acids is 1. The Balaban J connectivity index is 2.16. The van der Waals surface area contributed by atoms with Crippen LogP contribution < -0.4 is 11.1 Å². The topological polar surface area (TPSA) is 96.9 Å². The first-order valence-corrected chi connectivity index (χ1v) is 7.52. The van der Waals surface area contributed by atoms with Gasteiger partial charge in [0.25, 0.3) is 5.91 Å². The van der Waals surface area contributed by atoms with Crippen molar-refractivity contribution in [1.82, 2.24) is 5.32 Å². The van der Waals surface area contributed by atoms with Gasteiger partial charge in [-0.2, -0.15) is 0 Å². The van der Waals surface area contributed by atoms with E-state index in [0.29, 0.717) is 11.3 Å². The first kappa shape index (κ1) is 17.8. The van der Waals surface area contributed by atoms with Gasteiger partial charge in [-0.3, -0.25) is 10.1 Å². The number of nitrogens with two attached hydrogens (primary N) is 1. The summed E-state index contributed by atoms with van der Waals surface area (Å²) < 4.78 is 0. The number of aliphatic imine (C=N–C) groups is 1. The summed E-state index contributed by atoms with van der Waals surface area (Å²) in [6.45, 7) is 5.35. The number of rotatable bonds is 5. The zero-order valence-electron chi connectivity index (χ0n) is 13.8. The first-order valence-electron chi connectivity index (χ1n) is 7.52. The summed E-state index contributed by atoms with van der Waals surface area (Å²) in [5.74, 6) is -0.356. The molecule has 0 spiro atoms. The van der Waals surface area contributed by atoms with E-state index in [0.717, 1.165) is 11.1 Å². The average Bonchev–Trinajstić information content (AvgIpc) is 2.61. The van der Waals surface area contributed by atoms with Crippen molar-refractivity contribution < 1.29 is 4.79 Å². The van der Waals surface area contributed by atoms with Gasteiger partial charge in [-0.1, -0.05) is 30.8 Å². The van der Waals surface area contributed by atoms with E-state index in [2.05, 4.69) is 22.1 Å². The number of allylic oxidation sites excluding steroid dienone is 1. The van der Waals surface area contributed by atoms with Crippen LogP contribution in [0.5, 0.6) is 0 Å². The molecule has 0 radical (unpaired) electrons. The third-order valence-corrected chi connectivity index (χ3v) is 3.40. The van der Waals surface area contributed by atoms with Gasteiger partial charge in [-0.05, 0) is 59.6 Å². The normalized spacial score (nSPS) is 11.7. The lowest BCUT2D eigenvalue weighted by atomic mass is 10.0. The summed E-state index contributed by atoms with van der Waals surface area (Å²) in [7, 11) is 0. The molecular formula is C19H18N4O2. The molecule has 126 valence electrons. The van der Waals surface area contributed by atoms with E-state index in [-0.39, 0.29) is 17.6 Å². The molecule has 0 unspecified atom stereocenters. The molecule has 6 heteroatoms. The lowest BCUT2D eigenvalue weighted by Crippen LogP contribution is -2.36. The highest BCUT2D eigenvalue weighted by atomic mass is 16.3. The van der Waals surface area contributed by atoms with Crippen LogP contribution in [0, 0.1) is 11.8 Å². The van der Waals surface area contributed by atoms with E-state index in [4.69, 9.17) is 5.73 Å². The minimum absolute atomic E-state index is 0.0110. The smallest absolute Gasteiger partial charge is 0.257 e. The van der Waals surface area contributed by atoms with E-state index in [1.807, 2.05) is 25.1 Å². The molecule has 0 saturated heterocycles. The van der Waals surface area contributed by atoms with Crippen molar-refractivity contribution in [1.29, 1.82) is 0 Å². The van der Waals surface area contributed by atoms with E-state index in [1.54, 1.807) is 36.4 Å². The lowest BCUT2D eigenvalue weighted by molar-refractivity contribution is 0.0976.